The van der Waals surface area contributed by atoms with Gasteiger partial charge in [0, 0.05) is 27.8 Å². The molecule has 0 radical (unpaired) electrons. The Bertz CT molecular complexity index is 1550. The highest BCUT2D eigenvalue weighted by atomic mass is 16.2. The minimum atomic E-state index is -0.543. The second-order valence-corrected chi connectivity index (χ2v) is 10.8. The molecule has 7 heteroatoms. The second kappa shape index (κ2) is 13.6. The van der Waals surface area contributed by atoms with Gasteiger partial charge in [-0.3, -0.25) is 24.0 Å². The van der Waals surface area contributed by atoms with E-state index < -0.39 is 34.2 Å². The summed E-state index contributed by atoms with van der Waals surface area (Å²) < 4.78 is 0. The van der Waals surface area contributed by atoms with E-state index in [9.17, 15) is 24.0 Å². The zero-order valence-corrected chi connectivity index (χ0v) is 24.1. The fourth-order valence-electron chi connectivity index (χ4n) is 4.02. The fraction of sp³-hybridized carbons (Fsp3) is 0.171. The van der Waals surface area contributed by atoms with Crippen LogP contribution in [0, 0.1) is 0 Å². The number of amides is 1. The van der Waals surface area contributed by atoms with Gasteiger partial charge < -0.3 is 11.1 Å². The molecule has 4 aromatic rings. The number of rotatable bonds is 10. The molecule has 0 spiro atoms. The number of hydrogen-bond acceptors (Lipinski definition) is 6. The molecule has 4 aromatic carbocycles. The molecule has 0 unspecified atom stereocenters. The van der Waals surface area contributed by atoms with Crippen molar-refractivity contribution in [3.05, 3.63) is 143 Å². The number of carbonyl (C=O) groups is 5. The second-order valence-electron chi connectivity index (χ2n) is 10.8. The first kappa shape index (κ1) is 31.5. The molecule has 42 heavy (non-hydrogen) atoms. The van der Waals surface area contributed by atoms with Crippen molar-refractivity contribution in [2.24, 2.45) is 5.73 Å². The molecule has 0 aliphatic carbocycles. The standard InChI is InChI=1S/C18H17NO3.C17H17NO2/c1-18(2,19-12-20)15-10-8-14(9-11-15)17(22)16(21)13-6-4-3-5-7-13;1-17(2,18)14-10-8-13(9-11-14)16(20)15(19)12-6-4-3-5-7-12/h3-12H,1-2H3,(H,19,20);3-11H,18H2,1-2H3. The van der Waals surface area contributed by atoms with E-state index in [0.29, 0.717) is 28.7 Å². The lowest BCUT2D eigenvalue weighted by atomic mass is 9.92. The number of ketones is 4. The lowest BCUT2D eigenvalue weighted by molar-refractivity contribution is -0.111. The van der Waals surface area contributed by atoms with Crippen LogP contribution in [0.5, 0.6) is 0 Å². The zero-order valence-electron chi connectivity index (χ0n) is 24.1. The summed E-state index contributed by atoms with van der Waals surface area (Å²) in [6.07, 6.45) is 0.637. The fourth-order valence-corrected chi connectivity index (χ4v) is 4.02. The molecule has 0 aromatic heterocycles. The van der Waals surface area contributed by atoms with Gasteiger partial charge in [0.15, 0.2) is 0 Å². The number of nitrogens with one attached hydrogen (secondary N) is 1. The Balaban J connectivity index is 0.000000231. The number of Topliss-reactive ketones (excluding diaryl/α,β-unsaturated/α-hetero) is 4. The van der Waals surface area contributed by atoms with E-state index in [2.05, 4.69) is 5.32 Å². The predicted molar refractivity (Wildman–Crippen MR) is 163 cm³/mol. The third-order valence-electron chi connectivity index (χ3n) is 6.66. The van der Waals surface area contributed by atoms with Crippen molar-refractivity contribution in [2.75, 3.05) is 0 Å². The Labute approximate surface area is 245 Å². The van der Waals surface area contributed by atoms with Crippen LogP contribution in [-0.2, 0) is 15.9 Å². The first-order valence-electron chi connectivity index (χ1n) is 13.3. The van der Waals surface area contributed by atoms with E-state index in [1.165, 1.54) is 0 Å². The van der Waals surface area contributed by atoms with E-state index >= 15 is 0 Å². The summed E-state index contributed by atoms with van der Waals surface area (Å²) in [7, 11) is 0. The summed E-state index contributed by atoms with van der Waals surface area (Å²) in [6.45, 7) is 7.48. The molecule has 1 amide bonds. The van der Waals surface area contributed by atoms with Crippen LogP contribution >= 0.6 is 0 Å². The zero-order chi connectivity index (χ0) is 30.9. The van der Waals surface area contributed by atoms with Crippen LogP contribution < -0.4 is 11.1 Å². The van der Waals surface area contributed by atoms with E-state index in [4.69, 9.17) is 5.73 Å². The first-order chi connectivity index (χ1) is 19.8. The molecule has 214 valence electrons. The Morgan fingerprint density at radius 3 is 1.14 bits per heavy atom. The van der Waals surface area contributed by atoms with Crippen LogP contribution in [0.2, 0.25) is 0 Å². The Morgan fingerprint density at radius 1 is 0.524 bits per heavy atom. The highest BCUT2D eigenvalue weighted by Crippen LogP contribution is 2.21. The van der Waals surface area contributed by atoms with Crippen molar-refractivity contribution >= 4 is 29.5 Å². The predicted octanol–water partition coefficient (Wildman–Crippen LogP) is 5.68. The van der Waals surface area contributed by atoms with E-state index in [-0.39, 0.29) is 0 Å². The molecule has 4 rings (SSSR count). The lowest BCUT2D eigenvalue weighted by Gasteiger charge is -2.24. The largest absolute Gasteiger partial charge is 0.350 e. The highest BCUT2D eigenvalue weighted by Gasteiger charge is 2.22. The summed E-state index contributed by atoms with van der Waals surface area (Å²) in [5.41, 5.74) is 8.24. The van der Waals surface area contributed by atoms with Gasteiger partial charge in [0.1, 0.15) is 0 Å². The highest BCUT2D eigenvalue weighted by molar-refractivity contribution is 6.49. The summed E-state index contributed by atoms with van der Waals surface area (Å²) >= 11 is 0. The molecule has 0 saturated heterocycles. The molecular formula is C35H34N2O5. The van der Waals surface area contributed by atoms with Gasteiger partial charge in [-0.05, 0) is 38.8 Å². The molecule has 0 aliphatic rings. The number of carbonyl (C=O) groups excluding carboxylic acids is 5. The Morgan fingerprint density at radius 2 is 0.833 bits per heavy atom. The van der Waals surface area contributed by atoms with E-state index in [1.54, 1.807) is 109 Å². The van der Waals surface area contributed by atoms with Crippen molar-refractivity contribution in [1.29, 1.82) is 0 Å². The maximum absolute atomic E-state index is 12.2. The van der Waals surface area contributed by atoms with E-state index in [1.807, 2.05) is 27.7 Å². The molecule has 3 N–H and O–H groups in total. The SMILES string of the molecule is CC(C)(N)c1ccc(C(=O)C(=O)c2ccccc2)cc1.CC(C)(NC=O)c1ccc(C(=O)C(=O)c2ccccc2)cc1. The maximum Gasteiger partial charge on any atom is 0.233 e. The first-order valence-corrected chi connectivity index (χ1v) is 13.3. The number of hydrogen-bond donors (Lipinski definition) is 2. The minimum absolute atomic E-state index is 0.333. The lowest BCUT2D eigenvalue weighted by Crippen LogP contribution is -2.35. The van der Waals surface area contributed by atoms with Crippen molar-refractivity contribution < 1.29 is 24.0 Å². The monoisotopic (exact) mass is 562 g/mol. The summed E-state index contributed by atoms with van der Waals surface area (Å²) in [6, 6.07) is 30.6. The quantitative estimate of drug-likeness (QED) is 0.146. The third-order valence-corrected chi connectivity index (χ3v) is 6.66. The van der Waals surface area contributed by atoms with Gasteiger partial charge >= 0.3 is 0 Å². The Kier molecular flexibility index (Phi) is 10.2. The van der Waals surface area contributed by atoms with Crippen LogP contribution in [0.4, 0.5) is 0 Å². The van der Waals surface area contributed by atoms with Crippen LogP contribution in [0.3, 0.4) is 0 Å². The van der Waals surface area contributed by atoms with Gasteiger partial charge in [0.05, 0.1) is 5.54 Å². The average molecular weight is 563 g/mol. The molecule has 0 bridgehead atoms. The van der Waals surface area contributed by atoms with Crippen molar-refractivity contribution in [2.45, 2.75) is 38.8 Å². The molecule has 0 saturated carbocycles. The van der Waals surface area contributed by atoms with Gasteiger partial charge in [0.2, 0.25) is 29.5 Å². The normalized spacial score (nSPS) is 11.0. The van der Waals surface area contributed by atoms with Gasteiger partial charge in [-0.25, -0.2) is 0 Å². The van der Waals surface area contributed by atoms with Gasteiger partial charge in [-0.1, -0.05) is 109 Å². The van der Waals surface area contributed by atoms with Gasteiger partial charge in [-0.15, -0.1) is 0 Å². The summed E-state index contributed by atoms with van der Waals surface area (Å²) in [5, 5.41) is 2.70. The van der Waals surface area contributed by atoms with Gasteiger partial charge in [-0.2, -0.15) is 0 Å². The van der Waals surface area contributed by atoms with Crippen molar-refractivity contribution in [1.82, 2.24) is 5.32 Å². The molecule has 7 nitrogen and oxygen atoms in total. The third kappa shape index (κ3) is 8.02. The maximum atomic E-state index is 12.2. The minimum Gasteiger partial charge on any atom is -0.350 e. The molecule has 0 aliphatic heterocycles. The van der Waals surface area contributed by atoms with Crippen LogP contribution in [0.25, 0.3) is 0 Å². The van der Waals surface area contributed by atoms with Crippen molar-refractivity contribution in [3.63, 3.8) is 0 Å². The van der Waals surface area contributed by atoms with Crippen LogP contribution in [0.1, 0.15) is 80.3 Å². The molecule has 0 atom stereocenters. The summed E-state index contributed by atoms with van der Waals surface area (Å²) in [5.74, 6) is -2.07. The topological polar surface area (TPSA) is 123 Å². The molecule has 0 fully saturated rings. The van der Waals surface area contributed by atoms with Gasteiger partial charge in [0.25, 0.3) is 0 Å². The number of nitrogens with two attached hydrogens (primary N) is 1. The molecule has 0 heterocycles. The van der Waals surface area contributed by atoms with Crippen LogP contribution in [0.15, 0.2) is 109 Å². The van der Waals surface area contributed by atoms with Crippen LogP contribution in [-0.4, -0.2) is 29.5 Å². The smallest absolute Gasteiger partial charge is 0.233 e. The number of benzene rings is 4. The average Bonchev–Trinajstić information content (AvgIpc) is 3.00. The molecular weight excluding hydrogens is 528 g/mol. The Hall–Kier alpha value is -5.01. The van der Waals surface area contributed by atoms with E-state index in [0.717, 1.165) is 11.1 Å². The van der Waals surface area contributed by atoms with Crippen molar-refractivity contribution in [3.8, 4) is 0 Å². The summed E-state index contributed by atoms with van der Waals surface area (Å²) in [4.78, 5) is 59.1.